The number of carbonyl (C=O) groups excluding carboxylic acids is 1. The molecule has 190 valence electrons. The summed E-state index contributed by atoms with van der Waals surface area (Å²) in [5, 5.41) is 12.8. The smallest absolute Gasteiger partial charge is 0.335 e. The molecule has 1 fully saturated rings. The van der Waals surface area contributed by atoms with E-state index in [-0.39, 0.29) is 23.2 Å². The fourth-order valence-electron chi connectivity index (χ4n) is 5.14. The number of aromatic nitrogens is 3. The van der Waals surface area contributed by atoms with Crippen LogP contribution >= 0.6 is 11.6 Å². The zero-order valence-corrected chi connectivity index (χ0v) is 21.1. The monoisotopic (exact) mass is 518 g/mol. The fraction of sp³-hybridized carbons (Fsp3) is 0.286. The van der Waals surface area contributed by atoms with Gasteiger partial charge in [-0.15, -0.1) is 0 Å². The summed E-state index contributed by atoms with van der Waals surface area (Å²) in [5.41, 5.74) is 3.41. The summed E-state index contributed by atoms with van der Waals surface area (Å²) in [4.78, 5) is 41.7. The van der Waals surface area contributed by atoms with Crippen molar-refractivity contribution in [3.05, 3.63) is 93.1 Å². The Kier molecular flexibility index (Phi) is 6.84. The lowest BCUT2D eigenvalue weighted by molar-refractivity contribution is 0.0696. The van der Waals surface area contributed by atoms with Gasteiger partial charge < -0.3 is 10.4 Å². The summed E-state index contributed by atoms with van der Waals surface area (Å²) in [7, 11) is 0. The molecule has 37 heavy (non-hydrogen) atoms. The maximum absolute atomic E-state index is 13.5. The minimum absolute atomic E-state index is 0.0629. The molecule has 1 amide bonds. The second-order valence-corrected chi connectivity index (χ2v) is 9.98. The molecule has 0 spiro atoms. The summed E-state index contributed by atoms with van der Waals surface area (Å²) < 4.78 is 3.44. The molecule has 0 unspecified atom stereocenters. The average Bonchev–Trinajstić information content (AvgIpc) is 3.17. The molecule has 8 nitrogen and oxygen atoms in total. The van der Waals surface area contributed by atoms with Crippen LogP contribution in [0.1, 0.15) is 52.1 Å². The first-order valence-corrected chi connectivity index (χ1v) is 12.7. The highest BCUT2D eigenvalue weighted by Crippen LogP contribution is 2.28. The van der Waals surface area contributed by atoms with Gasteiger partial charge in [-0.2, -0.15) is 0 Å². The second-order valence-electron chi connectivity index (χ2n) is 9.55. The molecule has 0 saturated heterocycles. The van der Waals surface area contributed by atoms with Crippen LogP contribution in [0.4, 0.5) is 0 Å². The Hall–Kier alpha value is -3.91. The van der Waals surface area contributed by atoms with E-state index in [0.717, 1.165) is 36.7 Å². The van der Waals surface area contributed by atoms with Crippen molar-refractivity contribution in [1.29, 1.82) is 0 Å². The zero-order chi connectivity index (χ0) is 26.1. The molecule has 5 rings (SSSR count). The number of hydrogen-bond donors (Lipinski definition) is 2. The number of pyridine rings is 1. The number of carboxylic acids is 1. The van der Waals surface area contributed by atoms with Crippen LogP contribution < -0.4 is 11.0 Å². The Labute approximate surface area is 218 Å². The third-order valence-electron chi connectivity index (χ3n) is 7.13. The summed E-state index contributed by atoms with van der Waals surface area (Å²) in [6.07, 6.45) is 4.96. The molecule has 2 heterocycles. The number of benzene rings is 2. The number of fused-ring (bicyclic) bond motifs is 1. The molecule has 0 atom stereocenters. The number of imidazole rings is 1. The van der Waals surface area contributed by atoms with Crippen molar-refractivity contribution in [3.63, 3.8) is 0 Å². The molecular weight excluding hydrogens is 492 g/mol. The first kappa shape index (κ1) is 24.8. The molecule has 4 aromatic rings. The van der Waals surface area contributed by atoms with Gasteiger partial charge >= 0.3 is 11.7 Å². The summed E-state index contributed by atoms with van der Waals surface area (Å²) in [6.45, 7) is 2.37. The number of rotatable bonds is 6. The van der Waals surface area contributed by atoms with Crippen molar-refractivity contribution in [1.82, 2.24) is 19.4 Å². The van der Waals surface area contributed by atoms with E-state index >= 15 is 0 Å². The summed E-state index contributed by atoms with van der Waals surface area (Å²) >= 11 is 6.02. The van der Waals surface area contributed by atoms with E-state index < -0.39 is 5.97 Å². The first-order chi connectivity index (χ1) is 17.8. The van der Waals surface area contributed by atoms with E-state index in [1.54, 1.807) is 29.7 Å². The molecule has 1 aliphatic rings. The predicted octanol–water partition coefficient (Wildman–Crippen LogP) is 4.84. The fourth-order valence-corrected chi connectivity index (χ4v) is 5.29. The van der Waals surface area contributed by atoms with E-state index in [1.165, 1.54) is 18.3 Å². The van der Waals surface area contributed by atoms with Crippen molar-refractivity contribution in [3.8, 4) is 5.69 Å². The maximum Gasteiger partial charge on any atom is 0.335 e. The van der Waals surface area contributed by atoms with Gasteiger partial charge in [0.25, 0.3) is 5.91 Å². The normalized spacial score (nSPS) is 17.6. The quantitative estimate of drug-likeness (QED) is 0.380. The van der Waals surface area contributed by atoms with Crippen molar-refractivity contribution >= 4 is 34.5 Å². The van der Waals surface area contributed by atoms with Gasteiger partial charge in [-0.25, -0.2) is 9.59 Å². The maximum atomic E-state index is 13.5. The van der Waals surface area contributed by atoms with E-state index in [4.69, 9.17) is 11.6 Å². The Morgan fingerprint density at radius 2 is 1.73 bits per heavy atom. The van der Waals surface area contributed by atoms with Crippen molar-refractivity contribution < 1.29 is 14.7 Å². The first-order valence-electron chi connectivity index (χ1n) is 12.3. The van der Waals surface area contributed by atoms with Gasteiger partial charge in [0.2, 0.25) is 0 Å². The molecule has 1 aliphatic carbocycles. The number of para-hydroxylation sites is 2. The van der Waals surface area contributed by atoms with Crippen LogP contribution in [-0.4, -0.2) is 37.1 Å². The van der Waals surface area contributed by atoms with Crippen LogP contribution in [0.2, 0.25) is 5.02 Å². The molecule has 9 heteroatoms. The van der Waals surface area contributed by atoms with Gasteiger partial charge in [-0.05, 0) is 81.0 Å². The van der Waals surface area contributed by atoms with Crippen LogP contribution in [0.25, 0.3) is 16.7 Å². The highest BCUT2D eigenvalue weighted by molar-refractivity contribution is 6.30. The standard InChI is InChI=1S/C28H27ClN4O4/c1-17-23(14-20(29)15-30-17)26(34)31-21-10-6-18(7-11-21)16-32-24-4-2-3-5-25(24)33(28(32)37)22-12-8-19(9-13-22)27(35)36/h2-5,8-9,12-15,18,21H,6-7,10-11,16H2,1H3,(H,31,34)(H,35,36)/t18-,21-. The number of aromatic carboxylic acids is 1. The molecule has 0 bridgehead atoms. The van der Waals surface area contributed by atoms with Gasteiger partial charge in [0.15, 0.2) is 0 Å². The minimum Gasteiger partial charge on any atom is -0.478 e. The lowest BCUT2D eigenvalue weighted by Gasteiger charge is -2.29. The number of carboxylic acid groups (broad SMARTS) is 1. The Balaban J connectivity index is 1.31. The number of hydrogen-bond acceptors (Lipinski definition) is 4. The Morgan fingerprint density at radius 1 is 1.05 bits per heavy atom. The number of aryl methyl sites for hydroxylation is 1. The second kappa shape index (κ2) is 10.2. The number of carbonyl (C=O) groups is 2. The lowest BCUT2D eigenvalue weighted by Crippen LogP contribution is -2.39. The van der Waals surface area contributed by atoms with E-state index in [0.29, 0.717) is 34.4 Å². The predicted molar refractivity (Wildman–Crippen MR) is 142 cm³/mol. The summed E-state index contributed by atoms with van der Waals surface area (Å²) in [5.74, 6) is -0.870. The van der Waals surface area contributed by atoms with Crippen molar-refractivity contribution in [2.75, 3.05) is 0 Å². The molecule has 0 radical (unpaired) electrons. The lowest BCUT2D eigenvalue weighted by atomic mass is 9.85. The number of nitrogens with one attached hydrogen (secondary N) is 1. The number of nitrogens with zero attached hydrogens (tertiary/aromatic N) is 3. The van der Waals surface area contributed by atoms with Gasteiger partial charge in [0.05, 0.1) is 38.6 Å². The van der Waals surface area contributed by atoms with Crippen LogP contribution in [0.15, 0.2) is 65.6 Å². The molecule has 2 N–H and O–H groups in total. The van der Waals surface area contributed by atoms with Crippen LogP contribution in [0.5, 0.6) is 0 Å². The largest absolute Gasteiger partial charge is 0.478 e. The SMILES string of the molecule is Cc1ncc(Cl)cc1C(=O)N[C@H]1CC[C@H](Cn2c(=O)n(-c3ccc(C(=O)O)cc3)c3ccccc32)CC1. The van der Waals surface area contributed by atoms with E-state index in [2.05, 4.69) is 10.3 Å². The Bertz CT molecular complexity index is 1530. The topological polar surface area (TPSA) is 106 Å². The van der Waals surface area contributed by atoms with Gasteiger partial charge in [0, 0.05) is 18.8 Å². The molecule has 2 aromatic heterocycles. The zero-order valence-electron chi connectivity index (χ0n) is 20.4. The van der Waals surface area contributed by atoms with E-state index in [9.17, 15) is 19.5 Å². The minimum atomic E-state index is -1.01. The third-order valence-corrected chi connectivity index (χ3v) is 7.34. The van der Waals surface area contributed by atoms with Gasteiger partial charge in [-0.3, -0.25) is 18.9 Å². The van der Waals surface area contributed by atoms with Crippen LogP contribution in [0, 0.1) is 12.8 Å². The van der Waals surface area contributed by atoms with Gasteiger partial charge in [-0.1, -0.05) is 23.7 Å². The molecule has 1 saturated carbocycles. The third kappa shape index (κ3) is 5.02. The van der Waals surface area contributed by atoms with Crippen LogP contribution in [-0.2, 0) is 6.54 Å². The number of amides is 1. The summed E-state index contributed by atoms with van der Waals surface area (Å²) in [6, 6.07) is 15.7. The highest BCUT2D eigenvalue weighted by atomic mass is 35.5. The van der Waals surface area contributed by atoms with Gasteiger partial charge in [0.1, 0.15) is 0 Å². The molecular formula is C28H27ClN4O4. The Morgan fingerprint density at radius 3 is 2.41 bits per heavy atom. The molecule has 0 aliphatic heterocycles. The van der Waals surface area contributed by atoms with E-state index in [1.807, 2.05) is 28.8 Å². The van der Waals surface area contributed by atoms with Crippen molar-refractivity contribution in [2.45, 2.75) is 45.2 Å². The highest BCUT2D eigenvalue weighted by Gasteiger charge is 2.25. The van der Waals surface area contributed by atoms with Crippen LogP contribution in [0.3, 0.4) is 0 Å². The van der Waals surface area contributed by atoms with Crippen molar-refractivity contribution in [2.24, 2.45) is 5.92 Å². The number of halogens is 1. The molecule has 2 aromatic carbocycles. The average molecular weight is 519 g/mol.